The van der Waals surface area contributed by atoms with E-state index in [2.05, 4.69) is 51.6 Å². The highest BCUT2D eigenvalue weighted by atomic mass is 32.2. The first-order chi connectivity index (χ1) is 13.2. The Kier molecular flexibility index (Phi) is 10.1. The van der Waals surface area contributed by atoms with Gasteiger partial charge < -0.3 is 10.6 Å². The molecule has 2 N–H and O–H groups in total. The second kappa shape index (κ2) is 12.6. The molecule has 146 valence electrons. The lowest BCUT2D eigenvalue weighted by Crippen LogP contribution is -2.39. The van der Waals surface area contributed by atoms with Crippen molar-refractivity contribution >= 4 is 29.5 Å². The average Bonchev–Trinajstić information content (AvgIpc) is 2.68. The molecular weight excluding hydrogens is 374 g/mol. The number of hydrogen-bond acceptors (Lipinski definition) is 5. The predicted octanol–water partition coefficient (Wildman–Crippen LogP) is 3.43. The molecular formula is C20H29N5S2. The van der Waals surface area contributed by atoms with Crippen molar-refractivity contribution in [3.63, 3.8) is 0 Å². The van der Waals surface area contributed by atoms with Crippen LogP contribution in [-0.4, -0.2) is 47.6 Å². The number of aryl methyl sites for hydroxylation is 2. The maximum atomic E-state index is 4.43. The Hall–Kier alpha value is -1.73. The van der Waals surface area contributed by atoms with Crippen LogP contribution in [-0.2, 0) is 11.5 Å². The maximum absolute atomic E-state index is 4.43. The summed E-state index contributed by atoms with van der Waals surface area (Å²) >= 11 is 3.77. The van der Waals surface area contributed by atoms with Crippen LogP contribution >= 0.6 is 23.5 Å². The number of hydrogen-bond donors (Lipinski definition) is 2. The minimum Gasteiger partial charge on any atom is -0.356 e. The Morgan fingerprint density at radius 2 is 1.37 bits per heavy atom. The van der Waals surface area contributed by atoms with Crippen molar-refractivity contribution < 1.29 is 0 Å². The Labute approximate surface area is 171 Å². The Balaban J connectivity index is 1.54. The van der Waals surface area contributed by atoms with Gasteiger partial charge in [0.25, 0.3) is 0 Å². The van der Waals surface area contributed by atoms with Gasteiger partial charge in [0.15, 0.2) is 5.96 Å². The van der Waals surface area contributed by atoms with Crippen molar-refractivity contribution in [2.45, 2.75) is 25.4 Å². The van der Waals surface area contributed by atoms with Gasteiger partial charge in [-0.05, 0) is 37.1 Å². The molecule has 2 rings (SSSR count). The fraction of sp³-hybridized carbons (Fsp3) is 0.450. The van der Waals surface area contributed by atoms with Crippen LogP contribution in [0.3, 0.4) is 0 Å². The summed E-state index contributed by atoms with van der Waals surface area (Å²) in [5.74, 6) is 4.79. The molecule has 0 aliphatic heterocycles. The van der Waals surface area contributed by atoms with Crippen molar-refractivity contribution in [2.75, 3.05) is 31.6 Å². The summed E-state index contributed by atoms with van der Waals surface area (Å²) in [6.07, 6.45) is 3.72. The fourth-order valence-electron chi connectivity index (χ4n) is 2.38. The van der Waals surface area contributed by atoms with Crippen LogP contribution in [0.5, 0.6) is 0 Å². The summed E-state index contributed by atoms with van der Waals surface area (Å²) in [7, 11) is 1.81. The fourth-order valence-corrected chi connectivity index (χ4v) is 4.15. The second-order valence-electron chi connectivity index (χ2n) is 6.06. The lowest BCUT2D eigenvalue weighted by Gasteiger charge is -2.12. The standard InChI is InChI=1S/C20H29N5S2/c1-16-6-4-8-22-18(16)14-26-12-10-24-20(21-3)25-11-13-27-15-19-17(2)7-5-9-23-19/h4-9H,10-15H2,1-3H3,(H2,21,24,25). The largest absolute Gasteiger partial charge is 0.356 e. The Morgan fingerprint density at radius 1 is 0.889 bits per heavy atom. The first-order valence-electron chi connectivity index (χ1n) is 9.11. The zero-order valence-electron chi connectivity index (χ0n) is 16.4. The van der Waals surface area contributed by atoms with Crippen molar-refractivity contribution in [1.82, 2.24) is 20.6 Å². The zero-order chi connectivity index (χ0) is 19.3. The van der Waals surface area contributed by atoms with Gasteiger partial charge in [0.2, 0.25) is 0 Å². The van der Waals surface area contributed by atoms with Gasteiger partial charge in [0.05, 0.1) is 11.4 Å². The first-order valence-corrected chi connectivity index (χ1v) is 11.4. The van der Waals surface area contributed by atoms with Crippen LogP contribution in [0.4, 0.5) is 0 Å². The molecule has 0 fully saturated rings. The maximum Gasteiger partial charge on any atom is 0.191 e. The van der Waals surface area contributed by atoms with E-state index < -0.39 is 0 Å². The van der Waals surface area contributed by atoms with E-state index in [-0.39, 0.29) is 0 Å². The second-order valence-corrected chi connectivity index (χ2v) is 8.28. The molecule has 2 aromatic rings. The number of nitrogens with zero attached hydrogens (tertiary/aromatic N) is 3. The molecule has 2 aromatic heterocycles. The van der Waals surface area contributed by atoms with E-state index in [1.807, 2.05) is 55.1 Å². The molecule has 0 aromatic carbocycles. The number of thioether (sulfide) groups is 2. The number of pyridine rings is 2. The third-order valence-electron chi connectivity index (χ3n) is 4.01. The van der Waals surface area contributed by atoms with E-state index in [4.69, 9.17) is 0 Å². The smallest absolute Gasteiger partial charge is 0.191 e. The molecule has 0 unspecified atom stereocenters. The number of nitrogens with one attached hydrogen (secondary N) is 2. The molecule has 0 amide bonds. The summed E-state index contributed by atoms with van der Waals surface area (Å²) in [5.41, 5.74) is 4.86. The first kappa shape index (κ1) is 21.6. The van der Waals surface area contributed by atoms with E-state index in [9.17, 15) is 0 Å². The molecule has 0 saturated carbocycles. The highest BCUT2D eigenvalue weighted by molar-refractivity contribution is 7.98. The van der Waals surface area contributed by atoms with Crippen molar-refractivity contribution in [3.05, 3.63) is 59.2 Å². The van der Waals surface area contributed by atoms with Crippen LogP contribution in [0.1, 0.15) is 22.5 Å². The SMILES string of the molecule is CN=C(NCCSCc1ncccc1C)NCCSCc1ncccc1C. The van der Waals surface area contributed by atoms with Gasteiger partial charge in [-0.15, -0.1) is 0 Å². The summed E-state index contributed by atoms with van der Waals surface area (Å²) in [6, 6.07) is 8.19. The van der Waals surface area contributed by atoms with Gasteiger partial charge >= 0.3 is 0 Å². The minimum atomic E-state index is 0.860. The predicted molar refractivity (Wildman–Crippen MR) is 120 cm³/mol. The van der Waals surface area contributed by atoms with Crippen molar-refractivity contribution in [2.24, 2.45) is 4.99 Å². The molecule has 0 atom stereocenters. The molecule has 0 bridgehead atoms. The normalized spacial score (nSPS) is 10.5. The average molecular weight is 404 g/mol. The molecule has 27 heavy (non-hydrogen) atoms. The summed E-state index contributed by atoms with van der Waals surface area (Å²) in [5, 5.41) is 6.73. The highest BCUT2D eigenvalue weighted by Crippen LogP contribution is 2.13. The van der Waals surface area contributed by atoms with Gasteiger partial charge in [-0.3, -0.25) is 15.0 Å². The number of aromatic nitrogens is 2. The Morgan fingerprint density at radius 3 is 1.78 bits per heavy atom. The molecule has 2 heterocycles. The summed E-state index contributed by atoms with van der Waals surface area (Å²) in [4.78, 5) is 13.1. The molecule has 0 radical (unpaired) electrons. The van der Waals surface area contributed by atoms with E-state index in [0.717, 1.165) is 42.1 Å². The third kappa shape index (κ3) is 8.22. The monoisotopic (exact) mass is 403 g/mol. The zero-order valence-corrected chi connectivity index (χ0v) is 18.0. The number of rotatable bonds is 10. The number of guanidine groups is 1. The van der Waals surface area contributed by atoms with Gasteiger partial charge in [0, 0.05) is 55.5 Å². The molecule has 0 spiro atoms. The topological polar surface area (TPSA) is 62.2 Å². The summed E-state index contributed by atoms with van der Waals surface area (Å²) < 4.78 is 0. The van der Waals surface area contributed by atoms with E-state index >= 15 is 0 Å². The Bertz CT molecular complexity index is 664. The van der Waals surface area contributed by atoms with E-state index in [1.165, 1.54) is 22.5 Å². The van der Waals surface area contributed by atoms with E-state index in [0.29, 0.717) is 0 Å². The van der Waals surface area contributed by atoms with Crippen LogP contribution < -0.4 is 10.6 Å². The van der Waals surface area contributed by atoms with Crippen LogP contribution in [0.15, 0.2) is 41.7 Å². The molecule has 0 aliphatic rings. The third-order valence-corrected chi connectivity index (χ3v) is 5.96. The highest BCUT2D eigenvalue weighted by Gasteiger charge is 2.01. The molecule has 0 aliphatic carbocycles. The van der Waals surface area contributed by atoms with Gasteiger partial charge in [-0.25, -0.2) is 0 Å². The van der Waals surface area contributed by atoms with Gasteiger partial charge in [0.1, 0.15) is 0 Å². The van der Waals surface area contributed by atoms with Crippen LogP contribution in [0.2, 0.25) is 0 Å². The summed E-state index contributed by atoms with van der Waals surface area (Å²) in [6.45, 7) is 5.99. The lowest BCUT2D eigenvalue weighted by molar-refractivity contribution is 0.863. The van der Waals surface area contributed by atoms with Crippen LogP contribution in [0, 0.1) is 13.8 Å². The van der Waals surface area contributed by atoms with Crippen molar-refractivity contribution in [3.8, 4) is 0 Å². The lowest BCUT2D eigenvalue weighted by atomic mass is 10.2. The van der Waals surface area contributed by atoms with E-state index in [1.54, 1.807) is 0 Å². The minimum absolute atomic E-state index is 0.860. The number of aliphatic imine (C=N–C) groups is 1. The molecule has 5 nitrogen and oxygen atoms in total. The van der Waals surface area contributed by atoms with Gasteiger partial charge in [-0.2, -0.15) is 23.5 Å². The van der Waals surface area contributed by atoms with Gasteiger partial charge in [-0.1, -0.05) is 12.1 Å². The van der Waals surface area contributed by atoms with Crippen molar-refractivity contribution in [1.29, 1.82) is 0 Å². The van der Waals surface area contributed by atoms with Crippen LogP contribution in [0.25, 0.3) is 0 Å². The quantitative estimate of drug-likeness (QED) is 0.360. The molecule has 7 heteroatoms. The molecule has 0 saturated heterocycles.